The van der Waals surface area contributed by atoms with E-state index < -0.39 is 18.1 Å². The highest BCUT2D eigenvalue weighted by Crippen LogP contribution is 2.39. The van der Waals surface area contributed by atoms with E-state index in [2.05, 4.69) is 11.9 Å². The van der Waals surface area contributed by atoms with E-state index in [0.29, 0.717) is 11.3 Å². The van der Waals surface area contributed by atoms with Gasteiger partial charge in [0.25, 0.3) is 0 Å². The van der Waals surface area contributed by atoms with Crippen LogP contribution < -0.4 is 5.32 Å². The standard InChI is InChI=1S/C16H16N2O4S/c1-9-8-23-15-12(14(20)18(15)13(9)16(21)22)17-11(19)7-10-5-3-2-4-6-10/h2-6,12-13,15H,1,7-8H2,(H,17,19)(H,21,22)/t12-,13-,15+/m1/s1. The number of carboxylic acids is 1. The highest BCUT2D eigenvalue weighted by molar-refractivity contribution is 8.00. The number of carbonyl (C=O) groups is 3. The third-order valence-electron chi connectivity index (χ3n) is 3.94. The lowest BCUT2D eigenvalue weighted by Gasteiger charge is -2.52. The highest BCUT2D eigenvalue weighted by atomic mass is 32.2. The normalized spacial score (nSPS) is 26.3. The maximum absolute atomic E-state index is 12.2. The Balaban J connectivity index is 1.65. The molecule has 2 N–H and O–H groups in total. The molecule has 7 heteroatoms. The number of nitrogens with zero attached hydrogens (tertiary/aromatic N) is 1. The minimum atomic E-state index is -1.08. The summed E-state index contributed by atoms with van der Waals surface area (Å²) in [5, 5.41) is 11.6. The van der Waals surface area contributed by atoms with Crippen LogP contribution in [0.3, 0.4) is 0 Å². The minimum absolute atomic E-state index is 0.192. The van der Waals surface area contributed by atoms with E-state index in [1.54, 1.807) is 0 Å². The third-order valence-corrected chi connectivity index (χ3v) is 5.32. The lowest BCUT2D eigenvalue weighted by atomic mass is 9.98. The molecule has 0 radical (unpaired) electrons. The zero-order valence-electron chi connectivity index (χ0n) is 12.3. The van der Waals surface area contributed by atoms with Crippen molar-refractivity contribution in [2.45, 2.75) is 23.9 Å². The number of nitrogens with one attached hydrogen (secondary N) is 1. The van der Waals surface area contributed by atoms with Gasteiger partial charge in [-0.05, 0) is 11.1 Å². The number of hydrogen-bond donors (Lipinski definition) is 2. The molecule has 0 saturated carbocycles. The molecule has 2 saturated heterocycles. The number of carbonyl (C=O) groups excluding carboxylic acids is 2. The summed E-state index contributed by atoms with van der Waals surface area (Å²) in [5.74, 6) is -1.22. The summed E-state index contributed by atoms with van der Waals surface area (Å²) in [6, 6.07) is 7.59. The quantitative estimate of drug-likeness (QED) is 0.624. The second kappa shape index (κ2) is 6.08. The van der Waals surface area contributed by atoms with Gasteiger partial charge in [-0.1, -0.05) is 36.9 Å². The van der Waals surface area contributed by atoms with Gasteiger partial charge in [0.15, 0.2) is 6.04 Å². The Morgan fingerprint density at radius 1 is 1.35 bits per heavy atom. The molecule has 0 aliphatic carbocycles. The van der Waals surface area contributed by atoms with Gasteiger partial charge in [0, 0.05) is 5.75 Å². The molecule has 0 aromatic heterocycles. The van der Waals surface area contributed by atoms with Crippen LogP contribution in [0.4, 0.5) is 0 Å². The fourth-order valence-electron chi connectivity index (χ4n) is 2.84. The molecular formula is C16H16N2O4S. The number of rotatable bonds is 4. The predicted molar refractivity (Wildman–Crippen MR) is 85.7 cm³/mol. The Morgan fingerprint density at radius 2 is 2.04 bits per heavy atom. The summed E-state index contributed by atoms with van der Waals surface area (Å²) in [7, 11) is 0. The maximum Gasteiger partial charge on any atom is 0.330 e. The molecule has 2 fully saturated rings. The fraction of sp³-hybridized carbons (Fsp3) is 0.312. The van der Waals surface area contributed by atoms with Gasteiger partial charge in [-0.2, -0.15) is 0 Å². The number of thioether (sulfide) groups is 1. The lowest BCUT2D eigenvalue weighted by Crippen LogP contribution is -2.74. The molecule has 2 heterocycles. The van der Waals surface area contributed by atoms with Crippen LogP contribution in [-0.2, 0) is 20.8 Å². The lowest BCUT2D eigenvalue weighted by molar-refractivity contribution is -0.160. The Bertz CT molecular complexity index is 676. The van der Waals surface area contributed by atoms with E-state index in [4.69, 9.17) is 0 Å². The van der Waals surface area contributed by atoms with Crippen molar-refractivity contribution in [3.63, 3.8) is 0 Å². The van der Waals surface area contributed by atoms with Gasteiger partial charge < -0.3 is 15.3 Å². The zero-order chi connectivity index (χ0) is 16.6. The summed E-state index contributed by atoms with van der Waals surface area (Å²) < 4.78 is 0. The number of carboxylic acid groups (broad SMARTS) is 1. The van der Waals surface area contributed by atoms with Crippen LogP contribution in [0.5, 0.6) is 0 Å². The summed E-state index contributed by atoms with van der Waals surface area (Å²) in [6.45, 7) is 3.73. The molecule has 2 amide bonds. The van der Waals surface area contributed by atoms with Crippen LogP contribution in [0, 0.1) is 0 Å². The molecule has 120 valence electrons. The first-order valence-electron chi connectivity index (χ1n) is 7.16. The van der Waals surface area contributed by atoms with Crippen molar-refractivity contribution >= 4 is 29.5 Å². The zero-order valence-corrected chi connectivity index (χ0v) is 13.1. The van der Waals surface area contributed by atoms with E-state index in [-0.39, 0.29) is 23.6 Å². The number of hydrogen-bond acceptors (Lipinski definition) is 4. The van der Waals surface area contributed by atoms with E-state index in [1.807, 2.05) is 30.3 Å². The Morgan fingerprint density at radius 3 is 2.70 bits per heavy atom. The van der Waals surface area contributed by atoms with Crippen molar-refractivity contribution in [2.24, 2.45) is 0 Å². The first-order chi connectivity index (χ1) is 11.0. The summed E-state index contributed by atoms with van der Waals surface area (Å²) in [6.07, 6.45) is 0.192. The van der Waals surface area contributed by atoms with Crippen LogP contribution in [0.2, 0.25) is 0 Å². The number of amides is 2. The topological polar surface area (TPSA) is 86.7 Å². The van der Waals surface area contributed by atoms with Gasteiger partial charge in [0.1, 0.15) is 11.4 Å². The van der Waals surface area contributed by atoms with Crippen LogP contribution >= 0.6 is 11.8 Å². The van der Waals surface area contributed by atoms with Crippen LogP contribution in [0.15, 0.2) is 42.5 Å². The predicted octanol–water partition coefficient (Wildman–Crippen LogP) is 0.638. The second-order valence-electron chi connectivity index (χ2n) is 5.55. The van der Waals surface area contributed by atoms with Gasteiger partial charge >= 0.3 is 5.97 Å². The summed E-state index contributed by atoms with van der Waals surface area (Å²) in [4.78, 5) is 36.9. The largest absolute Gasteiger partial charge is 0.479 e. The second-order valence-corrected chi connectivity index (χ2v) is 6.66. The summed E-state index contributed by atoms with van der Waals surface area (Å²) >= 11 is 1.43. The SMILES string of the molecule is C=C1CS[C@H]2[C@H](NC(=O)Cc3ccccc3)C(=O)N2[C@H]1C(=O)O. The Labute approximate surface area is 137 Å². The van der Waals surface area contributed by atoms with Gasteiger partial charge in [-0.15, -0.1) is 11.8 Å². The maximum atomic E-state index is 12.2. The molecule has 0 bridgehead atoms. The number of benzene rings is 1. The van der Waals surface area contributed by atoms with Crippen molar-refractivity contribution in [2.75, 3.05) is 5.75 Å². The van der Waals surface area contributed by atoms with Gasteiger partial charge in [-0.3, -0.25) is 9.59 Å². The third kappa shape index (κ3) is 2.84. The molecule has 6 nitrogen and oxygen atoms in total. The van der Waals surface area contributed by atoms with Gasteiger partial charge in [-0.25, -0.2) is 4.79 Å². The minimum Gasteiger partial charge on any atom is -0.479 e. The van der Waals surface area contributed by atoms with Gasteiger partial charge in [0.2, 0.25) is 11.8 Å². The average molecular weight is 332 g/mol. The molecule has 1 aromatic carbocycles. The fourth-order valence-corrected chi connectivity index (χ4v) is 4.14. The Kier molecular flexibility index (Phi) is 4.12. The molecule has 1 aromatic rings. The average Bonchev–Trinajstić information content (AvgIpc) is 2.53. The van der Waals surface area contributed by atoms with E-state index >= 15 is 0 Å². The first-order valence-corrected chi connectivity index (χ1v) is 8.21. The molecule has 3 atom stereocenters. The smallest absolute Gasteiger partial charge is 0.330 e. The number of fused-ring (bicyclic) bond motifs is 1. The molecule has 2 aliphatic heterocycles. The van der Waals surface area contributed by atoms with Crippen LogP contribution in [0.25, 0.3) is 0 Å². The molecule has 0 spiro atoms. The molecule has 0 unspecified atom stereocenters. The van der Waals surface area contributed by atoms with E-state index in [0.717, 1.165) is 5.56 Å². The Hall–Kier alpha value is -2.28. The molecule has 2 aliphatic rings. The highest BCUT2D eigenvalue weighted by Gasteiger charge is 2.56. The number of β-lactam (4-membered cyclic amide) rings is 1. The molecule has 23 heavy (non-hydrogen) atoms. The van der Waals surface area contributed by atoms with Crippen LogP contribution in [0.1, 0.15) is 5.56 Å². The number of aliphatic carboxylic acids is 1. The first kappa shape index (κ1) is 15.6. The van der Waals surface area contributed by atoms with Crippen molar-refractivity contribution in [1.29, 1.82) is 0 Å². The van der Waals surface area contributed by atoms with Crippen molar-refractivity contribution in [3.05, 3.63) is 48.0 Å². The molecule has 3 rings (SSSR count). The monoisotopic (exact) mass is 332 g/mol. The molecular weight excluding hydrogens is 316 g/mol. The van der Waals surface area contributed by atoms with Crippen molar-refractivity contribution in [1.82, 2.24) is 10.2 Å². The van der Waals surface area contributed by atoms with E-state index in [9.17, 15) is 19.5 Å². The summed E-state index contributed by atoms with van der Waals surface area (Å²) in [5.41, 5.74) is 1.36. The van der Waals surface area contributed by atoms with Crippen molar-refractivity contribution in [3.8, 4) is 0 Å². The van der Waals surface area contributed by atoms with Gasteiger partial charge in [0.05, 0.1) is 6.42 Å². The van der Waals surface area contributed by atoms with Crippen LogP contribution in [-0.4, -0.2) is 51.0 Å². The van der Waals surface area contributed by atoms with Crippen molar-refractivity contribution < 1.29 is 19.5 Å². The van der Waals surface area contributed by atoms with E-state index in [1.165, 1.54) is 16.7 Å².